The molecule has 0 spiro atoms. The number of hydrogen-bond acceptors (Lipinski definition) is 4. The molecule has 5 rings (SSSR count). The Kier molecular flexibility index (Phi) is 6.59. The van der Waals surface area contributed by atoms with Crippen molar-refractivity contribution in [2.24, 2.45) is 5.92 Å². The number of carbonyl (C=O) groups is 1. The lowest BCUT2D eigenvalue weighted by atomic mass is 9.88. The van der Waals surface area contributed by atoms with Crippen LogP contribution in [0.15, 0.2) is 54.7 Å². The van der Waals surface area contributed by atoms with E-state index in [1.165, 1.54) is 47.9 Å². The first-order valence-electron chi connectivity index (χ1n) is 12.3. The zero-order valence-corrected chi connectivity index (χ0v) is 19.5. The van der Waals surface area contributed by atoms with Crippen LogP contribution in [0.4, 0.5) is 0 Å². The molecule has 2 aliphatic rings. The highest BCUT2D eigenvalue weighted by atomic mass is 16.3. The minimum atomic E-state index is -0.180. The lowest BCUT2D eigenvalue weighted by Gasteiger charge is -2.38. The summed E-state index contributed by atoms with van der Waals surface area (Å²) in [5.74, 6) is 0.791. The maximum Gasteiger partial charge on any atom is 0.246 e. The van der Waals surface area contributed by atoms with Gasteiger partial charge in [0.25, 0.3) is 0 Å². The number of phenols is 2. The van der Waals surface area contributed by atoms with E-state index >= 15 is 0 Å². The molecule has 3 heterocycles. The van der Waals surface area contributed by atoms with Crippen LogP contribution in [0.2, 0.25) is 0 Å². The average Bonchev–Trinajstić information content (AvgIpc) is 3.29. The van der Waals surface area contributed by atoms with Gasteiger partial charge in [-0.2, -0.15) is 0 Å². The smallest absolute Gasteiger partial charge is 0.246 e. The zero-order valence-electron chi connectivity index (χ0n) is 19.5. The molecule has 1 aromatic heterocycles. The summed E-state index contributed by atoms with van der Waals surface area (Å²) in [4.78, 5) is 20.7. The van der Waals surface area contributed by atoms with Crippen molar-refractivity contribution >= 4 is 22.9 Å². The number of benzene rings is 2. The molecule has 0 radical (unpaired) electrons. The number of hydrogen-bond donors (Lipinski definition) is 3. The number of piperidine rings is 2. The first kappa shape index (κ1) is 22.5. The second-order valence-corrected chi connectivity index (χ2v) is 9.74. The summed E-state index contributed by atoms with van der Waals surface area (Å²) in [6.45, 7) is 4.87. The molecule has 2 aliphatic heterocycles. The molecule has 0 unspecified atom stereocenters. The van der Waals surface area contributed by atoms with Gasteiger partial charge >= 0.3 is 0 Å². The molecule has 3 N–H and O–H groups in total. The minimum absolute atomic E-state index is 0.00955. The molecule has 6 heteroatoms. The predicted octanol–water partition coefficient (Wildman–Crippen LogP) is 4.71. The van der Waals surface area contributed by atoms with Crippen molar-refractivity contribution in [3.63, 3.8) is 0 Å². The Morgan fingerprint density at radius 1 is 1.03 bits per heavy atom. The van der Waals surface area contributed by atoms with Gasteiger partial charge in [0, 0.05) is 42.8 Å². The van der Waals surface area contributed by atoms with Crippen LogP contribution in [-0.2, 0) is 4.79 Å². The van der Waals surface area contributed by atoms with Crippen molar-refractivity contribution in [1.29, 1.82) is 0 Å². The van der Waals surface area contributed by atoms with E-state index in [1.54, 1.807) is 18.2 Å². The molecule has 2 fully saturated rings. The summed E-state index contributed by atoms with van der Waals surface area (Å²) in [5.41, 5.74) is 3.37. The summed E-state index contributed by atoms with van der Waals surface area (Å²) < 4.78 is 0. The van der Waals surface area contributed by atoms with Crippen molar-refractivity contribution in [3.8, 4) is 11.5 Å². The van der Waals surface area contributed by atoms with E-state index in [1.807, 2.05) is 4.90 Å². The van der Waals surface area contributed by atoms with E-state index in [4.69, 9.17) is 0 Å². The van der Waals surface area contributed by atoms with E-state index < -0.39 is 0 Å². The van der Waals surface area contributed by atoms with E-state index in [9.17, 15) is 15.0 Å². The molecular weight excluding hydrogens is 426 g/mol. The molecule has 34 heavy (non-hydrogen) atoms. The molecule has 1 atom stereocenters. The van der Waals surface area contributed by atoms with Crippen LogP contribution in [0, 0.1) is 5.92 Å². The molecule has 178 valence electrons. The van der Waals surface area contributed by atoms with Crippen molar-refractivity contribution in [3.05, 3.63) is 65.9 Å². The van der Waals surface area contributed by atoms with Crippen LogP contribution in [0.1, 0.15) is 42.7 Å². The summed E-state index contributed by atoms with van der Waals surface area (Å²) in [5, 5.41) is 20.4. The van der Waals surface area contributed by atoms with Gasteiger partial charge in [-0.3, -0.25) is 4.79 Å². The zero-order chi connectivity index (χ0) is 23.5. The third-order valence-corrected chi connectivity index (χ3v) is 7.41. The molecule has 3 aromatic rings. The Balaban J connectivity index is 1.13. The fourth-order valence-corrected chi connectivity index (χ4v) is 5.55. The van der Waals surface area contributed by atoms with Crippen molar-refractivity contribution < 1.29 is 15.0 Å². The predicted molar refractivity (Wildman–Crippen MR) is 135 cm³/mol. The summed E-state index contributed by atoms with van der Waals surface area (Å²) in [6, 6.07) is 13.1. The van der Waals surface area contributed by atoms with E-state index in [0.717, 1.165) is 39.1 Å². The quantitative estimate of drug-likeness (QED) is 0.381. The number of fused-ring (bicyclic) bond motifs is 1. The lowest BCUT2D eigenvalue weighted by Crippen LogP contribution is -2.44. The number of amides is 1. The highest BCUT2D eigenvalue weighted by molar-refractivity contribution is 5.92. The van der Waals surface area contributed by atoms with Crippen LogP contribution in [-0.4, -0.2) is 63.6 Å². The maximum absolute atomic E-state index is 12.8. The standard InChI is InChI=1S/C28H33N3O3/c32-26-9-7-20(16-27(26)33)8-10-28(34)31-13-3-4-21(19-31)18-30-14-11-22(12-15-30)24-17-29-25-6-2-1-5-23(24)25/h1-2,5-10,16-17,21-22,29,32-33H,3-4,11-15,18-19H2/b10-8+/t21-/m0/s1. The molecule has 0 bridgehead atoms. The minimum Gasteiger partial charge on any atom is -0.504 e. The number of phenolic OH excluding ortho intramolecular Hbond substituents is 2. The van der Waals surface area contributed by atoms with Gasteiger partial charge in [0.15, 0.2) is 11.5 Å². The van der Waals surface area contributed by atoms with Gasteiger partial charge in [0.05, 0.1) is 0 Å². The number of para-hydroxylation sites is 1. The van der Waals surface area contributed by atoms with Gasteiger partial charge < -0.3 is 25.0 Å². The molecule has 1 amide bonds. The average molecular weight is 460 g/mol. The molecule has 0 aliphatic carbocycles. The Bertz CT molecular complexity index is 1180. The van der Waals surface area contributed by atoms with Gasteiger partial charge in [-0.05, 0) is 86.0 Å². The number of nitrogens with zero attached hydrogens (tertiary/aromatic N) is 2. The SMILES string of the molecule is O=C(/C=C/c1ccc(O)c(O)c1)N1CCC[C@@H](CN2CCC(c3c[nH]c4ccccc34)CC2)C1. The normalized spacial score (nSPS) is 20.4. The Morgan fingerprint density at radius 2 is 1.85 bits per heavy atom. The number of aromatic amines is 1. The molecule has 2 aromatic carbocycles. The van der Waals surface area contributed by atoms with E-state index in [0.29, 0.717) is 17.4 Å². The van der Waals surface area contributed by atoms with Gasteiger partial charge in [-0.25, -0.2) is 0 Å². The highest BCUT2D eigenvalue weighted by Crippen LogP contribution is 2.33. The largest absolute Gasteiger partial charge is 0.504 e. The number of rotatable bonds is 5. The Hall–Kier alpha value is -3.25. The van der Waals surface area contributed by atoms with Crippen molar-refractivity contribution in [1.82, 2.24) is 14.8 Å². The molecular formula is C28H33N3O3. The highest BCUT2D eigenvalue weighted by Gasteiger charge is 2.27. The maximum atomic E-state index is 12.8. The number of aromatic hydroxyl groups is 2. The summed E-state index contributed by atoms with van der Waals surface area (Å²) >= 11 is 0. The molecule has 2 saturated heterocycles. The third-order valence-electron chi connectivity index (χ3n) is 7.41. The van der Waals surface area contributed by atoms with E-state index in [2.05, 4.69) is 40.3 Å². The fraction of sp³-hybridized carbons (Fsp3) is 0.393. The Morgan fingerprint density at radius 3 is 2.68 bits per heavy atom. The summed E-state index contributed by atoms with van der Waals surface area (Å²) in [7, 11) is 0. The van der Waals surface area contributed by atoms with Crippen molar-refractivity contribution in [2.45, 2.75) is 31.6 Å². The molecule has 6 nitrogen and oxygen atoms in total. The van der Waals surface area contributed by atoms with Gasteiger partial charge in [-0.1, -0.05) is 24.3 Å². The molecule has 0 saturated carbocycles. The fourth-order valence-electron chi connectivity index (χ4n) is 5.55. The first-order valence-corrected chi connectivity index (χ1v) is 12.3. The topological polar surface area (TPSA) is 79.8 Å². The van der Waals surface area contributed by atoms with Crippen LogP contribution >= 0.6 is 0 Å². The van der Waals surface area contributed by atoms with Crippen molar-refractivity contribution in [2.75, 3.05) is 32.7 Å². The van der Waals surface area contributed by atoms with Gasteiger partial charge in [-0.15, -0.1) is 0 Å². The third kappa shape index (κ3) is 4.97. The number of H-pyrrole nitrogens is 1. The number of carbonyl (C=O) groups excluding carboxylic acids is 1. The lowest BCUT2D eigenvalue weighted by molar-refractivity contribution is -0.127. The van der Waals surface area contributed by atoms with Gasteiger partial charge in [0.1, 0.15) is 0 Å². The van der Waals surface area contributed by atoms with Crippen LogP contribution in [0.5, 0.6) is 11.5 Å². The van der Waals surface area contributed by atoms with Crippen LogP contribution < -0.4 is 0 Å². The van der Waals surface area contributed by atoms with E-state index in [-0.39, 0.29) is 17.4 Å². The van der Waals surface area contributed by atoms with Crippen LogP contribution in [0.3, 0.4) is 0 Å². The van der Waals surface area contributed by atoms with Gasteiger partial charge in [0.2, 0.25) is 5.91 Å². The number of likely N-dealkylation sites (tertiary alicyclic amines) is 2. The second kappa shape index (κ2) is 9.94. The number of aromatic nitrogens is 1. The van der Waals surface area contributed by atoms with Crippen LogP contribution in [0.25, 0.3) is 17.0 Å². The second-order valence-electron chi connectivity index (χ2n) is 9.74. The summed E-state index contributed by atoms with van der Waals surface area (Å²) in [6.07, 6.45) is 10.0. The first-order chi connectivity index (χ1) is 16.6. The Labute approximate surface area is 200 Å². The monoisotopic (exact) mass is 459 g/mol. The number of nitrogens with one attached hydrogen (secondary N) is 1.